The van der Waals surface area contributed by atoms with Gasteiger partial charge in [0.2, 0.25) is 0 Å². The van der Waals surface area contributed by atoms with Crippen molar-refractivity contribution in [1.29, 1.82) is 0 Å². The second kappa shape index (κ2) is 8.13. The van der Waals surface area contributed by atoms with E-state index in [9.17, 15) is 4.79 Å². The Hall–Kier alpha value is -1.85. The fourth-order valence-electron chi connectivity index (χ4n) is 2.55. The lowest BCUT2D eigenvalue weighted by molar-refractivity contribution is 0.259. The first-order valence-electron chi connectivity index (χ1n) is 7.61. The lowest BCUT2D eigenvalue weighted by Gasteiger charge is -2.21. The number of urea groups is 1. The largest absolute Gasteiger partial charge is 0.351 e. The summed E-state index contributed by atoms with van der Waals surface area (Å²) in [6, 6.07) is 16.1. The molecule has 23 heavy (non-hydrogen) atoms. The van der Waals surface area contributed by atoms with Crippen molar-refractivity contribution in [3.8, 4) is 0 Å². The number of hydrogen-bond acceptors (Lipinski definition) is 2. The molecule has 0 aliphatic heterocycles. The van der Waals surface area contributed by atoms with Gasteiger partial charge in [-0.25, -0.2) is 4.79 Å². The molecule has 4 nitrogen and oxygen atoms in total. The van der Waals surface area contributed by atoms with E-state index in [-0.39, 0.29) is 6.04 Å². The quantitative estimate of drug-likeness (QED) is 0.707. The van der Waals surface area contributed by atoms with E-state index < -0.39 is 6.03 Å². The van der Waals surface area contributed by atoms with Crippen LogP contribution in [0.5, 0.6) is 0 Å². The molecule has 2 aromatic rings. The van der Waals surface area contributed by atoms with Gasteiger partial charge in [-0.15, -0.1) is 0 Å². The molecule has 2 rings (SSSR count). The fourth-order valence-corrected chi connectivity index (χ4v) is 2.82. The molecule has 2 amide bonds. The Balaban J connectivity index is 1.91. The number of carbonyl (C=O) groups is 1. The maximum absolute atomic E-state index is 10.8. The molecule has 0 heterocycles. The van der Waals surface area contributed by atoms with Crippen LogP contribution in [-0.4, -0.2) is 12.1 Å². The van der Waals surface area contributed by atoms with Crippen LogP contribution in [0, 0.1) is 0 Å². The van der Waals surface area contributed by atoms with Gasteiger partial charge in [0, 0.05) is 22.2 Å². The van der Waals surface area contributed by atoms with Gasteiger partial charge in [0.15, 0.2) is 0 Å². The molecule has 4 N–H and O–H groups in total. The Kier molecular flexibility index (Phi) is 6.19. The Morgan fingerprint density at radius 3 is 2.26 bits per heavy atom. The summed E-state index contributed by atoms with van der Waals surface area (Å²) >= 11 is 3.45. The molecule has 0 saturated carbocycles. The molecule has 5 heteroatoms. The van der Waals surface area contributed by atoms with Gasteiger partial charge in [0.05, 0.1) is 0 Å². The van der Waals surface area contributed by atoms with Gasteiger partial charge >= 0.3 is 6.03 Å². The number of carbonyl (C=O) groups excluding carboxylic acids is 1. The number of rotatable bonds is 6. The smallest absolute Gasteiger partial charge is 0.316 e. The molecule has 2 atom stereocenters. The van der Waals surface area contributed by atoms with Crippen LogP contribution in [0.25, 0.3) is 0 Å². The Bertz CT molecular complexity index is 640. The van der Waals surface area contributed by atoms with E-state index in [4.69, 9.17) is 5.73 Å². The number of benzene rings is 2. The van der Waals surface area contributed by atoms with Crippen molar-refractivity contribution >= 4 is 27.6 Å². The van der Waals surface area contributed by atoms with Crippen LogP contribution in [0.15, 0.2) is 53.0 Å². The minimum absolute atomic E-state index is 0.225. The Morgan fingerprint density at radius 2 is 1.70 bits per heavy atom. The zero-order valence-electron chi connectivity index (χ0n) is 13.3. The van der Waals surface area contributed by atoms with Crippen LogP contribution < -0.4 is 16.4 Å². The highest BCUT2D eigenvalue weighted by Gasteiger charge is 2.10. The van der Waals surface area contributed by atoms with Crippen molar-refractivity contribution in [2.24, 2.45) is 5.73 Å². The molecule has 0 aliphatic rings. The zero-order chi connectivity index (χ0) is 16.8. The SMILES string of the molecule is CC(Cc1ccc(Br)cc1)NC(C)c1ccc(NC(N)=O)cc1. The topological polar surface area (TPSA) is 67.2 Å². The third-order valence-electron chi connectivity index (χ3n) is 3.67. The normalized spacial score (nSPS) is 13.3. The molecule has 0 aliphatic carbocycles. The van der Waals surface area contributed by atoms with Gasteiger partial charge in [-0.2, -0.15) is 0 Å². The van der Waals surface area contributed by atoms with Crippen molar-refractivity contribution in [3.63, 3.8) is 0 Å². The van der Waals surface area contributed by atoms with E-state index in [1.165, 1.54) is 11.1 Å². The third-order valence-corrected chi connectivity index (χ3v) is 4.20. The molecular weight excluding hydrogens is 354 g/mol. The number of nitrogens with one attached hydrogen (secondary N) is 2. The maximum Gasteiger partial charge on any atom is 0.316 e. The average Bonchev–Trinajstić information content (AvgIpc) is 2.49. The highest BCUT2D eigenvalue weighted by atomic mass is 79.9. The van der Waals surface area contributed by atoms with Crippen molar-refractivity contribution in [1.82, 2.24) is 5.32 Å². The fraction of sp³-hybridized carbons (Fsp3) is 0.278. The molecule has 0 bridgehead atoms. The van der Waals surface area contributed by atoms with E-state index in [0.717, 1.165) is 10.9 Å². The van der Waals surface area contributed by atoms with Gasteiger partial charge in [0.25, 0.3) is 0 Å². The summed E-state index contributed by atoms with van der Waals surface area (Å²) in [5.74, 6) is 0. The Morgan fingerprint density at radius 1 is 1.09 bits per heavy atom. The van der Waals surface area contributed by atoms with Gasteiger partial charge in [-0.05, 0) is 55.7 Å². The highest BCUT2D eigenvalue weighted by molar-refractivity contribution is 9.10. The predicted molar refractivity (Wildman–Crippen MR) is 98.5 cm³/mol. The first-order valence-corrected chi connectivity index (χ1v) is 8.40. The van der Waals surface area contributed by atoms with Crippen LogP contribution in [0.3, 0.4) is 0 Å². The standard InChI is InChI=1S/C18H22BrN3O/c1-12(11-14-3-7-16(19)8-4-14)21-13(2)15-5-9-17(10-6-15)22-18(20)23/h3-10,12-13,21H,11H2,1-2H3,(H3,20,22,23). The van der Waals surface area contributed by atoms with Crippen LogP contribution in [-0.2, 0) is 6.42 Å². The predicted octanol–water partition coefficient (Wildman–Crippen LogP) is 4.22. The first kappa shape index (κ1) is 17.5. The van der Waals surface area contributed by atoms with Crippen LogP contribution in [0.2, 0.25) is 0 Å². The summed E-state index contributed by atoms with van der Waals surface area (Å²) in [4.78, 5) is 10.8. The summed E-state index contributed by atoms with van der Waals surface area (Å²) in [7, 11) is 0. The summed E-state index contributed by atoms with van der Waals surface area (Å²) in [6.07, 6.45) is 0.971. The average molecular weight is 376 g/mol. The lowest BCUT2D eigenvalue weighted by atomic mass is 10.0. The molecule has 2 aromatic carbocycles. The van der Waals surface area contributed by atoms with E-state index in [1.54, 1.807) is 0 Å². The van der Waals surface area contributed by atoms with E-state index in [1.807, 2.05) is 24.3 Å². The zero-order valence-corrected chi connectivity index (χ0v) is 14.9. The van der Waals surface area contributed by atoms with Crippen molar-refractivity contribution < 1.29 is 4.79 Å². The third kappa shape index (κ3) is 5.69. The lowest BCUT2D eigenvalue weighted by Crippen LogP contribution is -2.30. The Labute approximate surface area is 145 Å². The molecule has 0 saturated heterocycles. The van der Waals surface area contributed by atoms with E-state index >= 15 is 0 Å². The minimum Gasteiger partial charge on any atom is -0.351 e. The maximum atomic E-state index is 10.8. The first-order chi connectivity index (χ1) is 10.9. The number of nitrogens with two attached hydrogens (primary N) is 1. The van der Waals surface area contributed by atoms with Crippen LogP contribution >= 0.6 is 15.9 Å². The monoisotopic (exact) mass is 375 g/mol. The second-order valence-electron chi connectivity index (χ2n) is 5.73. The summed E-state index contributed by atoms with van der Waals surface area (Å²) in [5.41, 5.74) is 8.29. The molecule has 122 valence electrons. The molecular formula is C18H22BrN3O. The van der Waals surface area contributed by atoms with E-state index in [2.05, 4.69) is 64.7 Å². The molecule has 0 fully saturated rings. The molecule has 0 radical (unpaired) electrons. The number of hydrogen-bond donors (Lipinski definition) is 3. The van der Waals surface area contributed by atoms with Gasteiger partial charge in [-0.3, -0.25) is 0 Å². The summed E-state index contributed by atoms with van der Waals surface area (Å²) in [5, 5.41) is 6.16. The second-order valence-corrected chi connectivity index (χ2v) is 6.65. The number of amides is 2. The van der Waals surface area contributed by atoms with Gasteiger partial charge in [0.1, 0.15) is 0 Å². The highest BCUT2D eigenvalue weighted by Crippen LogP contribution is 2.18. The van der Waals surface area contributed by atoms with E-state index in [0.29, 0.717) is 11.7 Å². The van der Waals surface area contributed by atoms with Crippen LogP contribution in [0.1, 0.15) is 31.0 Å². The minimum atomic E-state index is -0.549. The summed E-state index contributed by atoms with van der Waals surface area (Å²) in [6.45, 7) is 4.32. The van der Waals surface area contributed by atoms with Crippen molar-refractivity contribution in [3.05, 3.63) is 64.1 Å². The van der Waals surface area contributed by atoms with Gasteiger partial charge < -0.3 is 16.4 Å². The van der Waals surface area contributed by atoms with Gasteiger partial charge in [-0.1, -0.05) is 40.2 Å². The number of primary amides is 1. The number of halogens is 1. The molecule has 0 spiro atoms. The number of anilines is 1. The molecule has 2 unspecified atom stereocenters. The van der Waals surface area contributed by atoms with Crippen LogP contribution in [0.4, 0.5) is 10.5 Å². The summed E-state index contributed by atoms with van der Waals surface area (Å²) < 4.78 is 1.10. The van der Waals surface area contributed by atoms with Crippen molar-refractivity contribution in [2.45, 2.75) is 32.4 Å². The molecule has 0 aromatic heterocycles. The van der Waals surface area contributed by atoms with Crippen molar-refractivity contribution in [2.75, 3.05) is 5.32 Å².